The van der Waals surface area contributed by atoms with Crippen molar-refractivity contribution in [2.45, 2.75) is 6.29 Å². The van der Waals surface area contributed by atoms with Crippen molar-refractivity contribution in [1.82, 2.24) is 4.90 Å². The van der Waals surface area contributed by atoms with E-state index < -0.39 is 12.1 Å². The van der Waals surface area contributed by atoms with Crippen LogP contribution >= 0.6 is 0 Å². The molecule has 1 aliphatic heterocycles. The van der Waals surface area contributed by atoms with Gasteiger partial charge in [0.1, 0.15) is 11.6 Å². The van der Waals surface area contributed by atoms with Crippen molar-refractivity contribution in [3.63, 3.8) is 0 Å². The fourth-order valence-corrected chi connectivity index (χ4v) is 1.69. The minimum absolute atomic E-state index is 0.144. The van der Waals surface area contributed by atoms with Gasteiger partial charge in [-0.05, 0) is 12.1 Å². The van der Waals surface area contributed by atoms with Crippen LogP contribution < -0.4 is 9.47 Å². The highest BCUT2D eigenvalue weighted by molar-refractivity contribution is 6.13. The first-order chi connectivity index (χ1) is 9.34. The quantitative estimate of drug-likeness (QED) is 0.482. The molecule has 0 amide bonds. The number of halogens is 2. The summed E-state index contributed by atoms with van der Waals surface area (Å²) < 4.78 is 34.6. The zero-order valence-electron chi connectivity index (χ0n) is 10.7. The van der Waals surface area contributed by atoms with Crippen LogP contribution in [0.15, 0.2) is 30.0 Å². The van der Waals surface area contributed by atoms with Gasteiger partial charge in [-0.15, -0.1) is 8.78 Å². The number of carbonyl (C=O) groups excluding carboxylic acids is 1. The molecular formula is C13H10F2N2O3. The summed E-state index contributed by atoms with van der Waals surface area (Å²) in [5, 5.41) is 8.97. The van der Waals surface area contributed by atoms with E-state index in [-0.39, 0.29) is 22.6 Å². The molecule has 104 valence electrons. The van der Waals surface area contributed by atoms with Crippen LogP contribution in [0.5, 0.6) is 11.5 Å². The molecule has 1 heterocycles. The van der Waals surface area contributed by atoms with Gasteiger partial charge in [0.05, 0.1) is 5.56 Å². The van der Waals surface area contributed by atoms with Crippen LogP contribution in [-0.4, -0.2) is 31.1 Å². The van der Waals surface area contributed by atoms with Gasteiger partial charge in [-0.2, -0.15) is 5.26 Å². The van der Waals surface area contributed by atoms with Gasteiger partial charge in [0.25, 0.3) is 0 Å². The molecule has 0 radical (unpaired) electrons. The molecule has 0 unspecified atom stereocenters. The number of hydrogen-bond donors (Lipinski definition) is 0. The number of Topliss-reactive ketones (excluding diaryl/α,β-unsaturated/α-hetero) is 1. The molecular weight excluding hydrogens is 270 g/mol. The van der Waals surface area contributed by atoms with Crippen molar-refractivity contribution in [3.05, 3.63) is 35.5 Å². The van der Waals surface area contributed by atoms with Crippen molar-refractivity contribution in [3.8, 4) is 17.6 Å². The Morgan fingerprint density at radius 2 is 2.10 bits per heavy atom. The molecule has 0 atom stereocenters. The van der Waals surface area contributed by atoms with Gasteiger partial charge >= 0.3 is 6.29 Å². The number of alkyl halides is 2. The van der Waals surface area contributed by atoms with Crippen LogP contribution in [0, 0.1) is 11.3 Å². The first-order valence-electron chi connectivity index (χ1n) is 5.56. The zero-order chi connectivity index (χ0) is 14.9. The molecule has 2 rings (SSSR count). The van der Waals surface area contributed by atoms with Crippen molar-refractivity contribution in [2.24, 2.45) is 0 Å². The summed E-state index contributed by atoms with van der Waals surface area (Å²) in [5.74, 6) is -1.30. The number of fused-ring (bicyclic) bond motifs is 1. The third-order valence-electron chi connectivity index (χ3n) is 2.43. The van der Waals surface area contributed by atoms with Crippen LogP contribution in [0.25, 0.3) is 0 Å². The van der Waals surface area contributed by atoms with Crippen LogP contribution in [0.1, 0.15) is 10.4 Å². The fourth-order valence-electron chi connectivity index (χ4n) is 1.69. The molecule has 1 aromatic carbocycles. The van der Waals surface area contributed by atoms with Gasteiger partial charge < -0.3 is 14.4 Å². The summed E-state index contributed by atoms with van der Waals surface area (Å²) in [6.45, 7) is 0. The van der Waals surface area contributed by atoms with Crippen LogP contribution in [0.3, 0.4) is 0 Å². The number of rotatable bonds is 3. The topological polar surface area (TPSA) is 62.6 Å². The molecule has 1 aliphatic rings. The van der Waals surface area contributed by atoms with Gasteiger partial charge in [0.2, 0.25) is 5.78 Å². The average molecular weight is 280 g/mol. The number of ketones is 1. The van der Waals surface area contributed by atoms with E-state index in [9.17, 15) is 13.6 Å². The summed E-state index contributed by atoms with van der Waals surface area (Å²) in [7, 11) is 3.27. The van der Waals surface area contributed by atoms with Crippen molar-refractivity contribution >= 4 is 5.78 Å². The molecule has 0 saturated carbocycles. The van der Waals surface area contributed by atoms with Gasteiger partial charge in [0.15, 0.2) is 11.5 Å². The molecule has 20 heavy (non-hydrogen) atoms. The van der Waals surface area contributed by atoms with E-state index in [4.69, 9.17) is 5.26 Å². The van der Waals surface area contributed by atoms with Gasteiger partial charge in [-0.1, -0.05) is 6.07 Å². The Balaban J connectivity index is 2.44. The lowest BCUT2D eigenvalue weighted by molar-refractivity contribution is -0.286. The van der Waals surface area contributed by atoms with Crippen LogP contribution in [-0.2, 0) is 0 Å². The molecule has 1 aromatic rings. The fraction of sp³-hybridized carbons (Fsp3) is 0.231. The predicted molar refractivity (Wildman–Crippen MR) is 64.4 cm³/mol. The third kappa shape index (κ3) is 2.54. The van der Waals surface area contributed by atoms with E-state index in [0.29, 0.717) is 0 Å². The summed E-state index contributed by atoms with van der Waals surface area (Å²) in [6, 6.07) is 5.66. The highest BCUT2D eigenvalue weighted by Gasteiger charge is 2.45. The first kappa shape index (κ1) is 13.8. The Morgan fingerprint density at radius 1 is 1.40 bits per heavy atom. The Kier molecular flexibility index (Phi) is 3.32. The monoisotopic (exact) mass is 280 g/mol. The number of ether oxygens (including phenoxy) is 2. The molecule has 0 N–H and O–H groups in total. The molecule has 0 aliphatic carbocycles. The minimum atomic E-state index is -3.81. The Morgan fingerprint density at radius 3 is 2.70 bits per heavy atom. The van der Waals surface area contributed by atoms with Gasteiger partial charge in [-0.3, -0.25) is 4.79 Å². The third-order valence-corrected chi connectivity index (χ3v) is 2.43. The van der Waals surface area contributed by atoms with E-state index in [1.54, 1.807) is 20.2 Å². The lowest BCUT2D eigenvalue weighted by Crippen LogP contribution is -2.26. The normalized spacial score (nSPS) is 15.7. The average Bonchev–Trinajstić information content (AvgIpc) is 2.68. The maximum absolute atomic E-state index is 13.0. The number of nitrogens with zero attached hydrogens (tertiary/aromatic N) is 2. The molecule has 0 saturated heterocycles. The van der Waals surface area contributed by atoms with Crippen LogP contribution in [0.4, 0.5) is 8.78 Å². The number of allylic oxidation sites excluding steroid dienone is 1. The second-order valence-corrected chi connectivity index (χ2v) is 4.25. The predicted octanol–water partition coefficient (Wildman–Crippen LogP) is 2.16. The number of carbonyl (C=O) groups is 1. The van der Waals surface area contributed by atoms with Gasteiger partial charge in [0, 0.05) is 20.3 Å². The summed E-state index contributed by atoms with van der Waals surface area (Å²) >= 11 is 0. The standard InChI is InChI=1S/C13H10F2N2O3/c1-17(2)7-8(6-16)11(18)9-4-3-5-10-12(9)20-13(14,15)19-10/h3-5,7H,1-2H3/b8-7+. The van der Waals surface area contributed by atoms with E-state index in [2.05, 4.69) is 9.47 Å². The number of benzene rings is 1. The summed E-state index contributed by atoms with van der Waals surface area (Å²) in [4.78, 5) is 13.7. The van der Waals surface area contributed by atoms with E-state index in [1.807, 2.05) is 0 Å². The maximum Gasteiger partial charge on any atom is 0.586 e. The highest BCUT2D eigenvalue weighted by Crippen LogP contribution is 2.43. The number of nitriles is 1. The first-order valence-corrected chi connectivity index (χ1v) is 5.56. The van der Waals surface area contributed by atoms with E-state index >= 15 is 0 Å². The second kappa shape index (κ2) is 4.81. The second-order valence-electron chi connectivity index (χ2n) is 4.25. The molecule has 0 bridgehead atoms. The molecule has 5 nitrogen and oxygen atoms in total. The minimum Gasteiger partial charge on any atom is -0.395 e. The lowest BCUT2D eigenvalue weighted by atomic mass is 10.0. The van der Waals surface area contributed by atoms with E-state index in [0.717, 1.165) is 0 Å². The zero-order valence-corrected chi connectivity index (χ0v) is 10.7. The van der Waals surface area contributed by atoms with Crippen molar-refractivity contribution in [1.29, 1.82) is 5.26 Å². The largest absolute Gasteiger partial charge is 0.586 e. The SMILES string of the molecule is CN(C)/C=C(\C#N)C(=O)c1cccc2c1OC(F)(F)O2. The smallest absolute Gasteiger partial charge is 0.395 e. The van der Waals surface area contributed by atoms with Crippen molar-refractivity contribution < 1.29 is 23.0 Å². The summed E-state index contributed by atoms with van der Waals surface area (Å²) in [6.07, 6.45) is -2.51. The number of hydrogen-bond acceptors (Lipinski definition) is 5. The van der Waals surface area contributed by atoms with Crippen molar-refractivity contribution in [2.75, 3.05) is 14.1 Å². The lowest BCUT2D eigenvalue weighted by Gasteiger charge is -2.08. The highest BCUT2D eigenvalue weighted by atomic mass is 19.3. The molecule has 7 heteroatoms. The van der Waals surface area contributed by atoms with Crippen LogP contribution in [0.2, 0.25) is 0 Å². The summed E-state index contributed by atoms with van der Waals surface area (Å²) in [5.41, 5.74) is -0.337. The molecule has 0 fully saturated rings. The maximum atomic E-state index is 13.0. The number of para-hydroxylation sites is 1. The molecule has 0 spiro atoms. The van der Waals surface area contributed by atoms with E-state index in [1.165, 1.54) is 29.3 Å². The Hall–Kier alpha value is -2.62. The Bertz CT molecular complexity index is 633. The molecule has 0 aromatic heterocycles. The van der Waals surface area contributed by atoms with Gasteiger partial charge in [-0.25, -0.2) is 0 Å². The Labute approximate surface area is 113 Å².